The van der Waals surface area contributed by atoms with Crippen LogP contribution in [0.2, 0.25) is 4.34 Å². The molecule has 0 aromatic carbocycles. The number of terminal acetylenes is 1. The summed E-state index contributed by atoms with van der Waals surface area (Å²) < 4.78 is 0.772. The predicted molar refractivity (Wildman–Crippen MR) is 62.6 cm³/mol. The monoisotopic (exact) mass is 228 g/mol. The molecule has 0 amide bonds. The first-order chi connectivity index (χ1) is 6.67. The van der Waals surface area contributed by atoms with E-state index in [1.54, 1.807) is 0 Å². The van der Waals surface area contributed by atoms with Crippen LogP contribution in [0, 0.1) is 12.3 Å². The molecule has 0 radical (unpaired) electrons. The van der Waals surface area contributed by atoms with Gasteiger partial charge in [-0.3, -0.25) is 5.32 Å². The molecule has 1 aromatic rings. The lowest BCUT2D eigenvalue weighted by molar-refractivity contribution is 0.525. The second kappa shape index (κ2) is 5.38. The highest BCUT2D eigenvalue weighted by Crippen LogP contribution is 2.26. The van der Waals surface area contributed by atoms with Crippen LogP contribution in [0.4, 0.5) is 0 Å². The Balaban J connectivity index is 2.68. The first kappa shape index (κ1) is 11.5. The maximum absolute atomic E-state index is 5.84. The molecule has 0 fully saturated rings. The van der Waals surface area contributed by atoms with E-state index in [4.69, 9.17) is 23.8 Å². The molecule has 14 heavy (non-hydrogen) atoms. The lowest BCUT2D eigenvalue weighted by Gasteiger charge is -2.17. The molecule has 2 nitrogen and oxygen atoms in total. The Morgan fingerprint density at radius 1 is 1.71 bits per heavy atom. The number of hydrogen-bond donors (Lipinski definition) is 2. The Bertz CT molecular complexity index is 329. The van der Waals surface area contributed by atoms with E-state index >= 15 is 0 Å². The molecule has 4 heteroatoms. The molecule has 0 bridgehead atoms. The van der Waals surface area contributed by atoms with Gasteiger partial charge < -0.3 is 5.73 Å². The first-order valence-corrected chi connectivity index (χ1v) is 5.54. The summed E-state index contributed by atoms with van der Waals surface area (Å²) in [4.78, 5) is 1.12. The molecule has 1 aromatic heterocycles. The van der Waals surface area contributed by atoms with Crippen LogP contribution in [-0.2, 0) is 0 Å². The van der Waals surface area contributed by atoms with Crippen molar-refractivity contribution in [1.82, 2.24) is 5.32 Å². The van der Waals surface area contributed by atoms with Crippen molar-refractivity contribution in [1.29, 1.82) is 0 Å². The van der Waals surface area contributed by atoms with Crippen molar-refractivity contribution in [3.63, 3.8) is 0 Å². The molecule has 1 rings (SSSR count). The molecule has 0 spiro atoms. The quantitative estimate of drug-likeness (QED) is 0.774. The van der Waals surface area contributed by atoms with Gasteiger partial charge in [0.15, 0.2) is 0 Å². The summed E-state index contributed by atoms with van der Waals surface area (Å²) in [5.74, 6) is 2.61. The van der Waals surface area contributed by atoms with Crippen molar-refractivity contribution in [2.75, 3.05) is 6.54 Å². The van der Waals surface area contributed by atoms with Crippen molar-refractivity contribution in [2.45, 2.75) is 19.0 Å². The molecule has 0 aliphatic heterocycles. The first-order valence-electron chi connectivity index (χ1n) is 4.35. The van der Waals surface area contributed by atoms with Crippen LogP contribution in [0.25, 0.3) is 0 Å². The predicted octanol–water partition coefficient (Wildman–Crippen LogP) is 2.01. The largest absolute Gasteiger partial charge is 0.329 e. The van der Waals surface area contributed by atoms with Crippen LogP contribution >= 0.6 is 22.9 Å². The number of nitrogens with one attached hydrogen (secondary N) is 1. The fraction of sp³-hybridized carbons (Fsp3) is 0.400. The molecule has 2 unspecified atom stereocenters. The fourth-order valence-corrected chi connectivity index (χ4v) is 2.27. The number of halogens is 1. The van der Waals surface area contributed by atoms with E-state index in [-0.39, 0.29) is 12.1 Å². The summed E-state index contributed by atoms with van der Waals surface area (Å²) in [6, 6.07) is 3.95. The topological polar surface area (TPSA) is 38.0 Å². The molecule has 2 atom stereocenters. The van der Waals surface area contributed by atoms with Gasteiger partial charge in [-0.2, -0.15) is 0 Å². The fourth-order valence-electron chi connectivity index (χ4n) is 1.13. The Labute approximate surface area is 93.5 Å². The average Bonchev–Trinajstić information content (AvgIpc) is 2.60. The standard InChI is InChI=1S/C10H13ClN2S/c1-3-7(2)13-8(6-12)9-4-5-10(11)14-9/h1,4-5,7-8,13H,6,12H2,2H3. The van der Waals surface area contributed by atoms with E-state index in [1.807, 2.05) is 19.1 Å². The Hall–Kier alpha value is -0.530. The molecule has 0 saturated carbocycles. The minimum Gasteiger partial charge on any atom is -0.329 e. The van der Waals surface area contributed by atoms with Crippen LogP contribution in [0.1, 0.15) is 17.8 Å². The molecular weight excluding hydrogens is 216 g/mol. The van der Waals surface area contributed by atoms with Crippen LogP contribution in [-0.4, -0.2) is 12.6 Å². The summed E-state index contributed by atoms with van der Waals surface area (Å²) in [6.07, 6.45) is 5.28. The maximum atomic E-state index is 5.84. The normalized spacial score (nSPS) is 14.7. The minimum atomic E-state index is 0.0180. The van der Waals surface area contributed by atoms with E-state index in [1.165, 1.54) is 11.3 Å². The van der Waals surface area contributed by atoms with Crippen LogP contribution in [0.15, 0.2) is 12.1 Å². The maximum Gasteiger partial charge on any atom is 0.0931 e. The van der Waals surface area contributed by atoms with Gasteiger partial charge in [-0.05, 0) is 19.1 Å². The highest BCUT2D eigenvalue weighted by molar-refractivity contribution is 7.16. The lowest BCUT2D eigenvalue weighted by atomic mass is 10.2. The van der Waals surface area contributed by atoms with Crippen molar-refractivity contribution in [2.24, 2.45) is 5.73 Å². The van der Waals surface area contributed by atoms with Crippen molar-refractivity contribution >= 4 is 22.9 Å². The molecular formula is C10H13ClN2S. The summed E-state index contributed by atoms with van der Waals surface area (Å²) in [5.41, 5.74) is 5.65. The zero-order valence-corrected chi connectivity index (χ0v) is 9.53. The van der Waals surface area contributed by atoms with Crippen LogP contribution in [0.5, 0.6) is 0 Å². The molecule has 0 aliphatic carbocycles. The van der Waals surface area contributed by atoms with Gasteiger partial charge in [0.2, 0.25) is 0 Å². The van der Waals surface area contributed by atoms with Gasteiger partial charge in [-0.1, -0.05) is 17.5 Å². The summed E-state index contributed by atoms with van der Waals surface area (Å²) >= 11 is 7.37. The summed E-state index contributed by atoms with van der Waals surface area (Å²) in [5, 5.41) is 3.24. The Kier molecular flexibility index (Phi) is 4.43. The third-order valence-electron chi connectivity index (χ3n) is 1.87. The van der Waals surface area contributed by atoms with E-state index in [9.17, 15) is 0 Å². The van der Waals surface area contributed by atoms with E-state index in [2.05, 4.69) is 11.2 Å². The Morgan fingerprint density at radius 2 is 2.43 bits per heavy atom. The molecule has 3 N–H and O–H groups in total. The van der Waals surface area contributed by atoms with E-state index in [0.717, 1.165) is 9.21 Å². The van der Waals surface area contributed by atoms with Gasteiger partial charge in [-0.25, -0.2) is 0 Å². The van der Waals surface area contributed by atoms with Gasteiger partial charge in [0.25, 0.3) is 0 Å². The number of hydrogen-bond acceptors (Lipinski definition) is 3. The second-order valence-corrected chi connectivity index (χ2v) is 4.73. The minimum absolute atomic E-state index is 0.0180. The molecule has 0 aliphatic rings. The molecule has 1 heterocycles. The summed E-state index contributed by atoms with van der Waals surface area (Å²) in [6.45, 7) is 2.45. The third kappa shape index (κ3) is 3.00. The van der Waals surface area contributed by atoms with Gasteiger partial charge in [0.05, 0.1) is 16.4 Å². The molecule has 76 valence electrons. The second-order valence-electron chi connectivity index (χ2n) is 2.99. The number of rotatable bonds is 4. The van der Waals surface area contributed by atoms with Gasteiger partial charge in [0.1, 0.15) is 0 Å². The van der Waals surface area contributed by atoms with E-state index < -0.39 is 0 Å². The SMILES string of the molecule is C#CC(C)NC(CN)c1ccc(Cl)s1. The van der Waals surface area contributed by atoms with Crippen molar-refractivity contribution in [3.8, 4) is 12.3 Å². The van der Waals surface area contributed by atoms with Crippen LogP contribution in [0.3, 0.4) is 0 Å². The molecule has 0 saturated heterocycles. The van der Waals surface area contributed by atoms with E-state index in [0.29, 0.717) is 6.54 Å². The highest BCUT2D eigenvalue weighted by atomic mass is 35.5. The Morgan fingerprint density at radius 3 is 2.86 bits per heavy atom. The zero-order chi connectivity index (χ0) is 10.6. The highest BCUT2D eigenvalue weighted by Gasteiger charge is 2.13. The lowest BCUT2D eigenvalue weighted by Crippen LogP contribution is -2.33. The zero-order valence-electron chi connectivity index (χ0n) is 7.96. The number of thiophene rings is 1. The smallest absolute Gasteiger partial charge is 0.0931 e. The number of nitrogens with two attached hydrogens (primary N) is 1. The van der Waals surface area contributed by atoms with Gasteiger partial charge in [-0.15, -0.1) is 17.8 Å². The summed E-state index contributed by atoms with van der Waals surface area (Å²) in [7, 11) is 0. The van der Waals surface area contributed by atoms with Gasteiger partial charge in [0, 0.05) is 11.4 Å². The average molecular weight is 229 g/mol. The van der Waals surface area contributed by atoms with Crippen LogP contribution < -0.4 is 11.1 Å². The van der Waals surface area contributed by atoms with Gasteiger partial charge >= 0.3 is 0 Å². The van der Waals surface area contributed by atoms with Crippen molar-refractivity contribution in [3.05, 3.63) is 21.3 Å². The van der Waals surface area contributed by atoms with Crippen molar-refractivity contribution < 1.29 is 0 Å². The third-order valence-corrected chi connectivity index (χ3v) is 3.22.